The Morgan fingerprint density at radius 3 is 2.23 bits per heavy atom. The first-order chi connectivity index (χ1) is 14.4. The summed E-state index contributed by atoms with van der Waals surface area (Å²) in [4.78, 5) is 17.0. The lowest BCUT2D eigenvalue weighted by molar-refractivity contribution is 0.0622. The summed E-state index contributed by atoms with van der Waals surface area (Å²) >= 11 is 24.4. The number of hydrogen-bond donors (Lipinski definition) is 1. The number of aromatic nitrogens is 2. The number of nitrogens with one attached hydrogen (secondary N) is 1. The molecule has 0 saturated carbocycles. The number of nitrogens with zero attached hydrogens (tertiary/aromatic N) is 3. The molecule has 30 heavy (non-hydrogen) atoms. The Hall–Kier alpha value is -1.76. The quantitative estimate of drug-likeness (QED) is 0.521. The van der Waals surface area contributed by atoms with Gasteiger partial charge >= 0.3 is 0 Å². The van der Waals surface area contributed by atoms with Crippen molar-refractivity contribution in [3.8, 4) is 11.3 Å². The minimum atomic E-state index is -0.0805. The van der Waals surface area contributed by atoms with Gasteiger partial charge in [0.2, 0.25) is 0 Å². The Morgan fingerprint density at radius 2 is 1.57 bits per heavy atom. The predicted octanol–water partition coefficient (Wildman–Crippen LogP) is 5.65. The Labute approximate surface area is 194 Å². The molecule has 1 fully saturated rings. The fourth-order valence-corrected chi connectivity index (χ4v) is 4.41. The van der Waals surface area contributed by atoms with E-state index in [1.807, 2.05) is 17.0 Å². The van der Waals surface area contributed by atoms with E-state index in [0.717, 1.165) is 30.8 Å². The molecule has 0 bridgehead atoms. The molecule has 5 nitrogen and oxygen atoms in total. The molecule has 0 radical (unpaired) electrons. The van der Waals surface area contributed by atoms with Gasteiger partial charge in [-0.1, -0.05) is 52.5 Å². The lowest BCUT2D eigenvalue weighted by atomic mass is 10.1. The maximum Gasteiger partial charge on any atom is 0.271 e. The van der Waals surface area contributed by atoms with Crippen LogP contribution in [-0.4, -0.2) is 52.1 Å². The summed E-state index contributed by atoms with van der Waals surface area (Å²) in [6.45, 7) is 3.49. The number of benzene rings is 2. The fraction of sp³-hybridized carbons (Fsp3) is 0.238. The number of H-pyrrole nitrogens is 1. The van der Waals surface area contributed by atoms with Crippen LogP contribution in [0.2, 0.25) is 20.1 Å². The Balaban J connectivity index is 1.38. The molecule has 1 saturated heterocycles. The maximum absolute atomic E-state index is 12.9. The minimum absolute atomic E-state index is 0.0805. The predicted molar refractivity (Wildman–Crippen MR) is 122 cm³/mol. The van der Waals surface area contributed by atoms with Gasteiger partial charge < -0.3 is 4.90 Å². The smallest absolute Gasteiger partial charge is 0.271 e. The van der Waals surface area contributed by atoms with Crippen LogP contribution in [0.25, 0.3) is 11.3 Å². The van der Waals surface area contributed by atoms with E-state index < -0.39 is 0 Å². The van der Waals surface area contributed by atoms with Crippen molar-refractivity contribution in [3.63, 3.8) is 0 Å². The van der Waals surface area contributed by atoms with Gasteiger partial charge in [0, 0.05) is 53.4 Å². The zero-order chi connectivity index (χ0) is 21.3. The molecule has 1 N–H and O–H groups in total. The van der Waals surface area contributed by atoms with Crippen LogP contribution in [0.1, 0.15) is 16.1 Å². The van der Waals surface area contributed by atoms with Gasteiger partial charge in [0.15, 0.2) is 0 Å². The van der Waals surface area contributed by atoms with Crippen molar-refractivity contribution >= 4 is 52.3 Å². The van der Waals surface area contributed by atoms with Crippen LogP contribution >= 0.6 is 46.4 Å². The van der Waals surface area contributed by atoms with Crippen LogP contribution in [0.3, 0.4) is 0 Å². The summed E-state index contributed by atoms with van der Waals surface area (Å²) < 4.78 is 0. The standard InChI is InChI=1S/C21H18Cl4N4O/c22-14-2-1-13(17(24)9-14)12-28-5-7-29(8-6-28)21(30)20-11-19(26-27-20)16-4-3-15(23)10-18(16)25/h1-4,9-11H,5-8,12H2,(H,26,27). The summed E-state index contributed by atoms with van der Waals surface area (Å²) in [5.74, 6) is -0.0805. The van der Waals surface area contributed by atoms with E-state index in [-0.39, 0.29) is 5.91 Å². The molecule has 1 amide bonds. The van der Waals surface area contributed by atoms with E-state index in [4.69, 9.17) is 46.4 Å². The second kappa shape index (κ2) is 9.16. The molecule has 3 aromatic rings. The largest absolute Gasteiger partial charge is 0.335 e. The van der Waals surface area contributed by atoms with Crippen molar-refractivity contribution in [2.45, 2.75) is 6.54 Å². The minimum Gasteiger partial charge on any atom is -0.335 e. The first-order valence-corrected chi connectivity index (χ1v) is 10.9. The van der Waals surface area contributed by atoms with E-state index in [9.17, 15) is 4.79 Å². The second-order valence-corrected chi connectivity index (χ2v) is 8.78. The Bertz CT molecular complexity index is 1080. The number of halogens is 4. The third-order valence-corrected chi connectivity index (χ3v) is 6.22. The molecule has 4 rings (SSSR count). The molecule has 156 valence electrons. The molecule has 1 aromatic heterocycles. The fourth-order valence-electron chi connectivity index (χ4n) is 3.44. The topological polar surface area (TPSA) is 52.2 Å². The molecule has 2 heterocycles. The molecule has 1 aliphatic heterocycles. The summed E-state index contributed by atoms with van der Waals surface area (Å²) in [6, 6.07) is 12.4. The van der Waals surface area contributed by atoms with Gasteiger partial charge in [0.25, 0.3) is 5.91 Å². The van der Waals surface area contributed by atoms with Crippen LogP contribution in [0.5, 0.6) is 0 Å². The van der Waals surface area contributed by atoms with E-state index in [2.05, 4.69) is 15.1 Å². The van der Waals surface area contributed by atoms with Crippen LogP contribution in [0.15, 0.2) is 42.5 Å². The van der Waals surface area contributed by atoms with Crippen LogP contribution in [0, 0.1) is 0 Å². The van der Waals surface area contributed by atoms with Crippen LogP contribution in [0.4, 0.5) is 0 Å². The molecule has 0 aliphatic carbocycles. The van der Waals surface area contributed by atoms with Gasteiger partial charge in [-0.25, -0.2) is 0 Å². The van der Waals surface area contributed by atoms with Crippen molar-refractivity contribution in [3.05, 3.63) is 73.8 Å². The van der Waals surface area contributed by atoms with Crippen LogP contribution in [-0.2, 0) is 6.54 Å². The molecule has 0 unspecified atom stereocenters. The van der Waals surface area contributed by atoms with Crippen molar-refractivity contribution in [2.24, 2.45) is 0 Å². The number of carbonyl (C=O) groups is 1. The molecular formula is C21H18Cl4N4O. The zero-order valence-electron chi connectivity index (χ0n) is 15.8. The third kappa shape index (κ3) is 4.76. The van der Waals surface area contributed by atoms with Gasteiger partial charge in [-0.2, -0.15) is 5.10 Å². The number of rotatable bonds is 4. The van der Waals surface area contributed by atoms with Gasteiger partial charge in [0.05, 0.1) is 10.7 Å². The van der Waals surface area contributed by atoms with Gasteiger partial charge in [-0.15, -0.1) is 0 Å². The zero-order valence-corrected chi connectivity index (χ0v) is 18.9. The molecule has 0 spiro atoms. The van der Waals surface area contributed by atoms with Gasteiger partial charge in [-0.05, 0) is 42.0 Å². The van der Waals surface area contributed by atoms with Crippen molar-refractivity contribution in [1.29, 1.82) is 0 Å². The highest BCUT2D eigenvalue weighted by molar-refractivity contribution is 6.36. The van der Waals surface area contributed by atoms with E-state index in [0.29, 0.717) is 44.6 Å². The third-order valence-electron chi connectivity index (χ3n) is 5.08. The van der Waals surface area contributed by atoms with E-state index in [1.54, 1.807) is 30.3 Å². The Morgan fingerprint density at radius 1 is 0.900 bits per heavy atom. The number of piperazine rings is 1. The maximum atomic E-state index is 12.9. The van der Waals surface area contributed by atoms with Gasteiger partial charge in [0.1, 0.15) is 5.69 Å². The van der Waals surface area contributed by atoms with E-state index in [1.165, 1.54) is 0 Å². The lowest BCUT2D eigenvalue weighted by Gasteiger charge is -2.34. The number of amides is 1. The Kier molecular flexibility index (Phi) is 6.56. The first-order valence-electron chi connectivity index (χ1n) is 9.37. The summed E-state index contributed by atoms with van der Waals surface area (Å²) in [7, 11) is 0. The molecule has 1 aliphatic rings. The van der Waals surface area contributed by atoms with Crippen molar-refractivity contribution in [2.75, 3.05) is 26.2 Å². The first kappa shape index (κ1) is 21.5. The van der Waals surface area contributed by atoms with E-state index >= 15 is 0 Å². The number of aromatic amines is 1. The molecule has 9 heteroatoms. The average Bonchev–Trinajstić information content (AvgIpc) is 3.20. The highest BCUT2D eigenvalue weighted by Crippen LogP contribution is 2.29. The SMILES string of the molecule is O=C(c1cc(-c2ccc(Cl)cc2Cl)n[nH]1)N1CCN(Cc2ccc(Cl)cc2Cl)CC1. The number of hydrogen-bond acceptors (Lipinski definition) is 3. The molecule has 0 atom stereocenters. The second-order valence-electron chi connectivity index (χ2n) is 7.10. The van der Waals surface area contributed by atoms with Crippen molar-refractivity contribution < 1.29 is 4.79 Å². The number of carbonyl (C=O) groups excluding carboxylic acids is 1. The highest BCUT2D eigenvalue weighted by Gasteiger charge is 2.24. The summed E-state index contributed by atoms with van der Waals surface area (Å²) in [6.07, 6.45) is 0. The average molecular weight is 484 g/mol. The lowest BCUT2D eigenvalue weighted by Crippen LogP contribution is -2.48. The van der Waals surface area contributed by atoms with Crippen molar-refractivity contribution in [1.82, 2.24) is 20.0 Å². The molecule has 2 aromatic carbocycles. The summed E-state index contributed by atoms with van der Waals surface area (Å²) in [5.41, 5.74) is 2.79. The monoisotopic (exact) mass is 482 g/mol. The summed E-state index contributed by atoms with van der Waals surface area (Å²) in [5, 5.41) is 9.40. The highest BCUT2D eigenvalue weighted by atomic mass is 35.5. The van der Waals surface area contributed by atoms with Crippen LogP contribution < -0.4 is 0 Å². The molecular weight excluding hydrogens is 466 g/mol. The normalized spacial score (nSPS) is 14.9. The van der Waals surface area contributed by atoms with Gasteiger partial charge in [-0.3, -0.25) is 14.8 Å².